The monoisotopic (exact) mass is 294 g/mol. The molecule has 1 aromatic rings. The summed E-state index contributed by atoms with van der Waals surface area (Å²) in [4.78, 5) is 17.0. The van der Waals surface area contributed by atoms with Crippen LogP contribution in [0, 0.1) is 5.92 Å². The molecule has 0 N–H and O–H groups in total. The largest absolute Gasteiger partial charge is 0.381 e. The van der Waals surface area contributed by atoms with Gasteiger partial charge in [0.1, 0.15) is 5.51 Å². The Morgan fingerprint density at radius 2 is 2.20 bits per heavy atom. The molecule has 4 rings (SSSR count). The summed E-state index contributed by atoms with van der Waals surface area (Å²) in [6.07, 6.45) is 2.97. The lowest BCUT2D eigenvalue weighted by molar-refractivity contribution is -0.136. The number of carbonyl (C=O) groups is 1. The third kappa shape index (κ3) is 1.91. The Balaban J connectivity index is 1.49. The van der Waals surface area contributed by atoms with Crippen LogP contribution >= 0.6 is 11.3 Å². The van der Waals surface area contributed by atoms with E-state index in [9.17, 15) is 4.79 Å². The van der Waals surface area contributed by atoms with Gasteiger partial charge in [0, 0.05) is 19.7 Å². The van der Waals surface area contributed by atoms with Crippen molar-refractivity contribution < 1.29 is 9.53 Å². The van der Waals surface area contributed by atoms with E-state index in [1.807, 2.05) is 0 Å². The fraction of sp³-hybridized carbons (Fsp3) is 0.769. The van der Waals surface area contributed by atoms with E-state index in [1.165, 1.54) is 0 Å². The number of carbonyl (C=O) groups excluding carboxylic acids is 1. The van der Waals surface area contributed by atoms with Gasteiger partial charge in [-0.15, -0.1) is 10.2 Å². The summed E-state index contributed by atoms with van der Waals surface area (Å²) in [5, 5.41) is 9.10. The van der Waals surface area contributed by atoms with E-state index in [4.69, 9.17) is 4.74 Å². The quantitative estimate of drug-likeness (QED) is 0.806. The Hall–Kier alpha value is -1.21. The average Bonchev–Trinajstić information content (AvgIpc) is 3.21. The maximum absolute atomic E-state index is 12.6. The smallest absolute Gasteiger partial charge is 0.228 e. The van der Waals surface area contributed by atoms with Crippen LogP contribution in [0.4, 0.5) is 5.13 Å². The highest BCUT2D eigenvalue weighted by Crippen LogP contribution is 2.36. The molecule has 1 aromatic heterocycles. The van der Waals surface area contributed by atoms with E-state index in [-0.39, 0.29) is 5.92 Å². The summed E-state index contributed by atoms with van der Waals surface area (Å²) >= 11 is 1.58. The van der Waals surface area contributed by atoms with E-state index in [0.29, 0.717) is 24.6 Å². The second kappa shape index (κ2) is 4.96. The molecule has 3 aliphatic heterocycles. The second-order valence-electron chi connectivity index (χ2n) is 5.72. The molecule has 3 saturated heterocycles. The lowest BCUT2D eigenvalue weighted by atomic mass is 10.1. The number of rotatable bonds is 2. The SMILES string of the molecule is O=C(C1CCOC1)N1CCC2[C@H]1CCN2c1nncs1. The minimum atomic E-state index is 0.0873. The predicted molar refractivity (Wildman–Crippen MR) is 74.7 cm³/mol. The van der Waals surface area contributed by atoms with Crippen LogP contribution in [-0.4, -0.2) is 59.4 Å². The minimum absolute atomic E-state index is 0.0873. The number of hydrogen-bond donors (Lipinski definition) is 0. The number of anilines is 1. The van der Waals surface area contributed by atoms with Crippen molar-refractivity contribution >= 4 is 22.4 Å². The molecule has 0 saturated carbocycles. The maximum Gasteiger partial charge on any atom is 0.228 e. The lowest BCUT2D eigenvalue weighted by Crippen LogP contribution is -2.42. The third-order valence-electron chi connectivity index (χ3n) is 4.73. The van der Waals surface area contributed by atoms with Crippen LogP contribution in [0.15, 0.2) is 5.51 Å². The van der Waals surface area contributed by atoms with Gasteiger partial charge in [0.05, 0.1) is 24.6 Å². The highest BCUT2D eigenvalue weighted by atomic mass is 32.1. The van der Waals surface area contributed by atoms with E-state index in [0.717, 1.165) is 44.1 Å². The molecule has 0 aliphatic carbocycles. The van der Waals surface area contributed by atoms with E-state index < -0.39 is 0 Å². The summed E-state index contributed by atoms with van der Waals surface area (Å²) < 4.78 is 5.35. The van der Waals surface area contributed by atoms with Gasteiger partial charge >= 0.3 is 0 Å². The van der Waals surface area contributed by atoms with Crippen molar-refractivity contribution in [3.63, 3.8) is 0 Å². The highest BCUT2D eigenvalue weighted by Gasteiger charge is 2.46. The molecule has 3 atom stereocenters. The zero-order valence-electron chi connectivity index (χ0n) is 11.3. The molecule has 4 heterocycles. The van der Waals surface area contributed by atoms with Crippen molar-refractivity contribution in [3.05, 3.63) is 5.51 Å². The van der Waals surface area contributed by atoms with Crippen molar-refractivity contribution in [2.24, 2.45) is 5.92 Å². The number of hydrogen-bond acceptors (Lipinski definition) is 6. The van der Waals surface area contributed by atoms with Crippen LogP contribution < -0.4 is 4.90 Å². The Morgan fingerprint density at radius 3 is 2.95 bits per heavy atom. The van der Waals surface area contributed by atoms with E-state index in [2.05, 4.69) is 20.0 Å². The first kappa shape index (κ1) is 12.5. The summed E-state index contributed by atoms with van der Waals surface area (Å²) in [5.74, 6) is 0.387. The van der Waals surface area contributed by atoms with Gasteiger partial charge in [-0.1, -0.05) is 11.3 Å². The third-order valence-corrected chi connectivity index (χ3v) is 5.46. The van der Waals surface area contributed by atoms with E-state index >= 15 is 0 Å². The van der Waals surface area contributed by atoms with Crippen LogP contribution in [0.3, 0.4) is 0 Å². The number of aromatic nitrogens is 2. The molecule has 6 nitrogen and oxygen atoms in total. The van der Waals surface area contributed by atoms with Gasteiger partial charge in [0.15, 0.2) is 0 Å². The summed E-state index contributed by atoms with van der Waals surface area (Å²) in [6, 6.07) is 0.779. The summed E-state index contributed by atoms with van der Waals surface area (Å²) in [7, 11) is 0. The molecule has 1 amide bonds. The maximum atomic E-state index is 12.6. The molecule has 3 fully saturated rings. The fourth-order valence-corrected chi connectivity index (χ4v) is 4.40. The Kier molecular flexibility index (Phi) is 3.11. The van der Waals surface area contributed by atoms with Crippen LogP contribution in [0.1, 0.15) is 19.3 Å². The first-order valence-corrected chi connectivity index (χ1v) is 8.13. The summed E-state index contributed by atoms with van der Waals surface area (Å²) in [6.45, 7) is 3.19. The molecule has 0 aromatic carbocycles. The standard InChI is InChI=1S/C13H18N4O2S/c18-12(9-3-6-19-7-9)16-4-1-11-10(16)2-5-17(11)13-15-14-8-20-13/h8-11H,1-7H2/t9?,10-,11?/m1/s1. The van der Waals surface area contributed by atoms with Gasteiger partial charge in [0.25, 0.3) is 0 Å². The molecule has 3 aliphatic rings. The normalized spacial score (nSPS) is 32.9. The molecule has 0 radical (unpaired) electrons. The van der Waals surface area contributed by atoms with Gasteiger partial charge in [-0.2, -0.15) is 0 Å². The zero-order valence-corrected chi connectivity index (χ0v) is 12.1. The highest BCUT2D eigenvalue weighted by molar-refractivity contribution is 7.13. The van der Waals surface area contributed by atoms with Crippen molar-refractivity contribution in [1.29, 1.82) is 0 Å². The van der Waals surface area contributed by atoms with Crippen LogP contribution in [-0.2, 0) is 9.53 Å². The minimum Gasteiger partial charge on any atom is -0.381 e. The van der Waals surface area contributed by atoms with Crippen molar-refractivity contribution in [1.82, 2.24) is 15.1 Å². The fourth-order valence-electron chi connectivity index (χ4n) is 3.75. The first-order chi connectivity index (χ1) is 9.84. The molecule has 2 unspecified atom stereocenters. The molecule has 7 heteroatoms. The Morgan fingerprint density at radius 1 is 1.30 bits per heavy atom. The van der Waals surface area contributed by atoms with Crippen molar-refractivity contribution in [3.8, 4) is 0 Å². The van der Waals surface area contributed by atoms with Crippen molar-refractivity contribution in [2.75, 3.05) is 31.2 Å². The number of nitrogens with zero attached hydrogens (tertiary/aromatic N) is 4. The zero-order chi connectivity index (χ0) is 13.5. The number of likely N-dealkylation sites (tertiary alicyclic amines) is 1. The molecular weight excluding hydrogens is 276 g/mol. The summed E-state index contributed by atoms with van der Waals surface area (Å²) in [5.41, 5.74) is 1.77. The molecule has 0 spiro atoms. The van der Waals surface area contributed by atoms with Crippen LogP contribution in [0.2, 0.25) is 0 Å². The molecular formula is C13H18N4O2S. The number of ether oxygens (including phenoxy) is 1. The Bertz CT molecular complexity index is 489. The van der Waals surface area contributed by atoms with Gasteiger partial charge in [-0.05, 0) is 19.3 Å². The number of fused-ring (bicyclic) bond motifs is 1. The van der Waals surface area contributed by atoms with Crippen LogP contribution in [0.5, 0.6) is 0 Å². The molecule has 20 heavy (non-hydrogen) atoms. The Labute approximate surface area is 121 Å². The van der Waals surface area contributed by atoms with Crippen molar-refractivity contribution in [2.45, 2.75) is 31.3 Å². The topological polar surface area (TPSA) is 58.6 Å². The average molecular weight is 294 g/mol. The van der Waals surface area contributed by atoms with Gasteiger partial charge in [-0.3, -0.25) is 4.79 Å². The predicted octanol–water partition coefficient (Wildman–Crippen LogP) is 0.754. The van der Waals surface area contributed by atoms with Gasteiger partial charge in [-0.25, -0.2) is 0 Å². The van der Waals surface area contributed by atoms with Crippen LogP contribution in [0.25, 0.3) is 0 Å². The van der Waals surface area contributed by atoms with Gasteiger partial charge in [0.2, 0.25) is 11.0 Å². The molecule has 0 bridgehead atoms. The lowest BCUT2D eigenvalue weighted by Gasteiger charge is -2.26. The van der Waals surface area contributed by atoms with Gasteiger partial charge < -0.3 is 14.5 Å². The van der Waals surface area contributed by atoms with E-state index in [1.54, 1.807) is 16.8 Å². The molecule has 108 valence electrons. The number of amides is 1. The first-order valence-electron chi connectivity index (χ1n) is 7.25. The second-order valence-corrected chi connectivity index (χ2v) is 6.53.